The van der Waals surface area contributed by atoms with Crippen molar-refractivity contribution in [3.63, 3.8) is 0 Å². The van der Waals surface area contributed by atoms with Crippen molar-refractivity contribution in [2.75, 3.05) is 9.80 Å². The minimum atomic E-state index is -1.50. The number of halogens is 2. The van der Waals surface area contributed by atoms with E-state index in [1.54, 1.807) is 4.90 Å². The maximum Gasteiger partial charge on any atom is 0.332 e. The van der Waals surface area contributed by atoms with Gasteiger partial charge in [-0.25, -0.2) is 4.79 Å². The van der Waals surface area contributed by atoms with Crippen LogP contribution in [0.5, 0.6) is 0 Å². The van der Waals surface area contributed by atoms with Gasteiger partial charge >= 0.3 is 6.03 Å². The molecule has 1 heterocycles. The summed E-state index contributed by atoms with van der Waals surface area (Å²) in [4.78, 5) is 17.1. The zero-order valence-corrected chi connectivity index (χ0v) is 19.7. The molecule has 0 spiro atoms. The molecule has 4 rings (SSSR count). The molecule has 1 saturated heterocycles. The van der Waals surface area contributed by atoms with Gasteiger partial charge in [0, 0.05) is 25.9 Å². The predicted octanol–water partition coefficient (Wildman–Crippen LogP) is 6.67. The van der Waals surface area contributed by atoms with Gasteiger partial charge in [0.15, 0.2) is 5.72 Å². The Balaban J connectivity index is 1.93. The molecule has 0 aliphatic carbocycles. The van der Waals surface area contributed by atoms with E-state index in [-0.39, 0.29) is 6.03 Å². The van der Waals surface area contributed by atoms with Gasteiger partial charge in [0.1, 0.15) is 0 Å². The maximum atomic E-state index is 13.8. The Kier molecular flexibility index (Phi) is 6.00. The number of benzene rings is 3. The van der Waals surface area contributed by atoms with Crippen molar-refractivity contribution in [1.29, 1.82) is 0 Å². The number of urea groups is 1. The monoisotopic (exact) mass is 528 g/mol. The van der Waals surface area contributed by atoms with Gasteiger partial charge in [-0.3, -0.25) is 9.80 Å². The van der Waals surface area contributed by atoms with Crippen LogP contribution in [0.3, 0.4) is 0 Å². The molecule has 1 unspecified atom stereocenters. The van der Waals surface area contributed by atoms with Crippen LogP contribution >= 0.6 is 31.9 Å². The molecule has 3 aromatic carbocycles. The van der Waals surface area contributed by atoms with Gasteiger partial charge in [0.25, 0.3) is 0 Å². The topological polar surface area (TPSA) is 43.8 Å². The van der Waals surface area contributed by atoms with Gasteiger partial charge in [0.2, 0.25) is 0 Å². The number of amides is 2. The van der Waals surface area contributed by atoms with Crippen LogP contribution in [0.1, 0.15) is 25.3 Å². The SMILES string of the molecule is CCC[C@@H]1N(c2ccc(Br)cc2)C(=O)N(c2ccc(Br)cc2)C1(O)c1ccccc1. The maximum absolute atomic E-state index is 13.8. The number of carbonyl (C=O) groups is 1. The van der Waals surface area contributed by atoms with Crippen LogP contribution in [0.2, 0.25) is 0 Å². The third-order valence-corrected chi connectivity index (χ3v) is 6.52. The van der Waals surface area contributed by atoms with E-state index in [0.29, 0.717) is 17.7 Å². The van der Waals surface area contributed by atoms with E-state index in [2.05, 4.69) is 38.8 Å². The summed E-state index contributed by atoms with van der Waals surface area (Å²) in [6.07, 6.45) is 1.48. The molecule has 0 saturated carbocycles. The van der Waals surface area contributed by atoms with Crippen LogP contribution < -0.4 is 9.80 Å². The number of aliphatic hydroxyl groups is 1. The van der Waals surface area contributed by atoms with Gasteiger partial charge < -0.3 is 5.11 Å². The van der Waals surface area contributed by atoms with Crippen molar-refractivity contribution < 1.29 is 9.90 Å². The summed E-state index contributed by atoms with van der Waals surface area (Å²) < 4.78 is 1.85. The highest BCUT2D eigenvalue weighted by Crippen LogP contribution is 2.46. The van der Waals surface area contributed by atoms with Crippen LogP contribution in [-0.2, 0) is 5.72 Å². The average Bonchev–Trinajstić information content (AvgIpc) is 2.98. The summed E-state index contributed by atoms with van der Waals surface area (Å²) in [6.45, 7) is 2.07. The fraction of sp³-hybridized carbons (Fsp3) is 0.208. The predicted molar refractivity (Wildman–Crippen MR) is 128 cm³/mol. The van der Waals surface area contributed by atoms with Crippen LogP contribution in [0, 0.1) is 0 Å². The Hall–Kier alpha value is -2.15. The second kappa shape index (κ2) is 8.53. The van der Waals surface area contributed by atoms with Crippen LogP contribution in [0.15, 0.2) is 87.8 Å². The Morgan fingerprint density at radius 1 is 0.867 bits per heavy atom. The highest BCUT2D eigenvalue weighted by Gasteiger charge is 2.58. The number of nitrogens with zero attached hydrogens (tertiary/aromatic N) is 2. The molecule has 4 nitrogen and oxygen atoms in total. The molecule has 0 bridgehead atoms. The molecule has 0 radical (unpaired) electrons. The quantitative estimate of drug-likeness (QED) is 0.401. The lowest BCUT2D eigenvalue weighted by molar-refractivity contribution is 0.0290. The standard InChI is InChI=1S/C24H22Br2N2O2/c1-2-6-22-24(30,17-7-4-3-5-8-17)28(21-15-11-19(26)12-16-21)23(29)27(22)20-13-9-18(25)10-14-20/h3-5,7-16,22,30H,2,6H2,1H3/t22-,24?/m0/s1. The molecular weight excluding hydrogens is 508 g/mol. The summed E-state index contributed by atoms with van der Waals surface area (Å²) in [7, 11) is 0. The molecule has 6 heteroatoms. The van der Waals surface area contributed by atoms with E-state index in [1.807, 2.05) is 78.9 Å². The summed E-state index contributed by atoms with van der Waals surface area (Å²) in [6, 6.07) is 23.9. The fourth-order valence-electron chi connectivity index (χ4n) is 4.11. The molecular formula is C24H22Br2N2O2. The van der Waals surface area contributed by atoms with Crippen LogP contribution in [0.25, 0.3) is 0 Å². The zero-order valence-electron chi connectivity index (χ0n) is 16.5. The molecule has 3 aromatic rings. The van der Waals surface area contributed by atoms with Gasteiger partial charge in [-0.1, -0.05) is 75.5 Å². The van der Waals surface area contributed by atoms with E-state index in [9.17, 15) is 9.90 Å². The van der Waals surface area contributed by atoms with Crippen LogP contribution in [0.4, 0.5) is 16.2 Å². The van der Waals surface area contributed by atoms with Crippen molar-refractivity contribution in [3.8, 4) is 0 Å². The second-order valence-corrected chi connectivity index (χ2v) is 9.17. The molecule has 1 aliphatic rings. The molecule has 2 atom stereocenters. The van der Waals surface area contributed by atoms with E-state index >= 15 is 0 Å². The van der Waals surface area contributed by atoms with E-state index in [0.717, 1.165) is 21.1 Å². The Morgan fingerprint density at radius 3 is 1.93 bits per heavy atom. The molecule has 154 valence electrons. The number of hydrogen-bond acceptors (Lipinski definition) is 2. The Morgan fingerprint density at radius 2 is 1.40 bits per heavy atom. The summed E-state index contributed by atoms with van der Waals surface area (Å²) in [5.74, 6) is 0. The first kappa shape index (κ1) is 21.1. The first-order valence-electron chi connectivity index (χ1n) is 9.89. The first-order chi connectivity index (χ1) is 14.5. The first-order valence-corrected chi connectivity index (χ1v) is 11.5. The minimum absolute atomic E-state index is 0.246. The third kappa shape index (κ3) is 3.57. The Labute approximate surface area is 193 Å². The number of rotatable bonds is 5. The van der Waals surface area contributed by atoms with Crippen molar-refractivity contribution in [3.05, 3.63) is 93.4 Å². The van der Waals surface area contributed by atoms with Gasteiger partial charge in [-0.15, -0.1) is 0 Å². The van der Waals surface area contributed by atoms with E-state index < -0.39 is 11.8 Å². The smallest absolute Gasteiger partial charge is 0.332 e. The molecule has 1 fully saturated rings. The lowest BCUT2D eigenvalue weighted by Crippen LogP contribution is -2.49. The largest absolute Gasteiger partial charge is 0.365 e. The fourth-order valence-corrected chi connectivity index (χ4v) is 4.64. The molecule has 0 aromatic heterocycles. The highest BCUT2D eigenvalue weighted by atomic mass is 79.9. The van der Waals surface area contributed by atoms with Crippen molar-refractivity contribution in [1.82, 2.24) is 0 Å². The molecule has 2 amide bonds. The summed E-state index contributed by atoms with van der Waals surface area (Å²) in [5, 5.41) is 12.2. The molecule has 30 heavy (non-hydrogen) atoms. The zero-order chi connectivity index (χ0) is 21.3. The van der Waals surface area contributed by atoms with E-state index in [4.69, 9.17) is 0 Å². The Bertz CT molecular complexity index is 1030. The normalized spacial score (nSPS) is 21.3. The summed E-state index contributed by atoms with van der Waals surface area (Å²) in [5.41, 5.74) is 0.597. The summed E-state index contributed by atoms with van der Waals surface area (Å²) >= 11 is 6.92. The van der Waals surface area contributed by atoms with Crippen LogP contribution in [-0.4, -0.2) is 17.2 Å². The van der Waals surface area contributed by atoms with Gasteiger partial charge in [-0.05, 0) is 55.0 Å². The second-order valence-electron chi connectivity index (χ2n) is 7.34. The minimum Gasteiger partial charge on any atom is -0.365 e. The van der Waals surface area contributed by atoms with Gasteiger partial charge in [-0.2, -0.15) is 0 Å². The lowest BCUT2D eigenvalue weighted by Gasteiger charge is -2.37. The van der Waals surface area contributed by atoms with Crippen molar-refractivity contribution >= 4 is 49.3 Å². The highest BCUT2D eigenvalue weighted by molar-refractivity contribution is 9.10. The van der Waals surface area contributed by atoms with Crippen molar-refractivity contribution in [2.24, 2.45) is 0 Å². The van der Waals surface area contributed by atoms with Crippen molar-refractivity contribution in [2.45, 2.75) is 31.5 Å². The molecule has 1 aliphatic heterocycles. The molecule has 1 N–H and O–H groups in total. The average molecular weight is 530 g/mol. The number of anilines is 2. The van der Waals surface area contributed by atoms with E-state index in [1.165, 1.54) is 4.90 Å². The third-order valence-electron chi connectivity index (χ3n) is 5.46. The number of hydrogen-bond donors (Lipinski definition) is 1. The van der Waals surface area contributed by atoms with Gasteiger partial charge in [0.05, 0.1) is 6.04 Å². The number of carbonyl (C=O) groups excluding carboxylic acids is 1. The lowest BCUT2D eigenvalue weighted by atomic mass is 9.90.